The molecular weight excluding hydrogens is 596 g/mol. The molecule has 6 nitrogen and oxygen atoms in total. The fourth-order valence-corrected chi connectivity index (χ4v) is 7.14. The predicted molar refractivity (Wildman–Crippen MR) is 197 cm³/mol. The van der Waals surface area contributed by atoms with Crippen LogP contribution in [-0.2, 0) is 9.47 Å². The monoisotopic (exact) mass is 652 g/mol. The third kappa shape index (κ3) is 9.20. The van der Waals surface area contributed by atoms with Crippen molar-refractivity contribution in [2.24, 2.45) is 5.73 Å². The predicted octanol–water partition coefficient (Wildman–Crippen LogP) is 7.05. The zero-order valence-corrected chi connectivity index (χ0v) is 30.2. The molecule has 0 aliphatic heterocycles. The van der Waals surface area contributed by atoms with E-state index in [2.05, 4.69) is 128 Å². The minimum absolute atomic E-state index is 0.140. The zero-order valence-electron chi connectivity index (χ0n) is 30.2. The van der Waals surface area contributed by atoms with Crippen LogP contribution in [-0.4, -0.2) is 66.7 Å². The van der Waals surface area contributed by atoms with Gasteiger partial charge in [-0.3, -0.25) is 4.90 Å². The summed E-state index contributed by atoms with van der Waals surface area (Å²) in [6, 6.07) is 25.2. The summed E-state index contributed by atoms with van der Waals surface area (Å²) in [6.07, 6.45) is -2.18. The van der Waals surface area contributed by atoms with Crippen LogP contribution in [0.4, 0.5) is 0 Å². The summed E-state index contributed by atoms with van der Waals surface area (Å²) < 4.78 is 13.2. The molecule has 6 heteroatoms. The number of nitrogens with zero attached hydrogens (tertiary/aromatic N) is 1. The van der Waals surface area contributed by atoms with Gasteiger partial charge < -0.3 is 25.4 Å². The van der Waals surface area contributed by atoms with Crippen molar-refractivity contribution in [3.63, 3.8) is 0 Å². The Hall–Kier alpha value is -3.36. The third-order valence-corrected chi connectivity index (χ3v) is 9.51. The van der Waals surface area contributed by atoms with Crippen molar-refractivity contribution in [2.45, 2.75) is 79.8 Å². The fourth-order valence-electron chi connectivity index (χ4n) is 7.14. The van der Waals surface area contributed by atoms with Crippen molar-refractivity contribution in [1.82, 2.24) is 4.90 Å². The molecule has 0 fully saturated rings. The number of aliphatic hydroxyl groups is 2. The molecule has 4 aromatic rings. The first-order valence-corrected chi connectivity index (χ1v) is 17.2. The Balaban J connectivity index is 1.47. The summed E-state index contributed by atoms with van der Waals surface area (Å²) in [6.45, 7) is 18.7. The first kappa shape index (κ1) is 37.5. The summed E-state index contributed by atoms with van der Waals surface area (Å²) in [5, 5.41) is 22.6. The van der Waals surface area contributed by atoms with Crippen LogP contribution in [0, 0.1) is 55.4 Å². The number of aryl methyl sites for hydroxylation is 8. The van der Waals surface area contributed by atoms with E-state index in [9.17, 15) is 10.2 Å². The van der Waals surface area contributed by atoms with Gasteiger partial charge >= 0.3 is 0 Å². The van der Waals surface area contributed by atoms with Crippen molar-refractivity contribution in [3.8, 4) is 0 Å². The minimum atomic E-state index is -0.780. The number of rotatable bonds is 16. The second-order valence-electron chi connectivity index (χ2n) is 13.5. The SMILES string of the molecule is Cc1cccc(C)c1C(OCC(O)CN(CCN)CC(O)COC(c1c(C)cccc1C)c1c(C)cccc1C)c1c(C)cccc1C. The van der Waals surface area contributed by atoms with Crippen molar-refractivity contribution in [3.05, 3.63) is 140 Å². The minimum Gasteiger partial charge on any atom is -0.389 e. The van der Waals surface area contributed by atoms with E-state index in [0.717, 1.165) is 66.8 Å². The molecule has 48 heavy (non-hydrogen) atoms. The van der Waals surface area contributed by atoms with E-state index in [-0.39, 0.29) is 25.4 Å². The van der Waals surface area contributed by atoms with E-state index < -0.39 is 12.2 Å². The van der Waals surface area contributed by atoms with Gasteiger partial charge in [0.2, 0.25) is 0 Å². The lowest BCUT2D eigenvalue weighted by molar-refractivity contribution is -0.0304. The molecule has 2 atom stereocenters. The van der Waals surface area contributed by atoms with Gasteiger partial charge in [-0.15, -0.1) is 0 Å². The van der Waals surface area contributed by atoms with Gasteiger partial charge in [0.05, 0.1) is 25.4 Å². The lowest BCUT2D eigenvalue weighted by Crippen LogP contribution is -2.43. The highest BCUT2D eigenvalue weighted by atomic mass is 16.5. The van der Waals surface area contributed by atoms with E-state index in [4.69, 9.17) is 15.2 Å². The van der Waals surface area contributed by atoms with Crippen LogP contribution in [0.3, 0.4) is 0 Å². The number of nitrogens with two attached hydrogens (primary N) is 1. The molecule has 0 aliphatic carbocycles. The third-order valence-electron chi connectivity index (χ3n) is 9.51. The van der Waals surface area contributed by atoms with E-state index >= 15 is 0 Å². The molecule has 4 N–H and O–H groups in total. The largest absolute Gasteiger partial charge is 0.389 e. The molecule has 0 radical (unpaired) electrons. The summed E-state index contributed by atoms with van der Waals surface area (Å²) in [5.41, 5.74) is 19.8. The van der Waals surface area contributed by atoms with Gasteiger partial charge in [-0.2, -0.15) is 0 Å². The summed E-state index contributed by atoms with van der Waals surface area (Å²) in [7, 11) is 0. The normalized spacial score (nSPS) is 13.1. The molecule has 258 valence electrons. The number of hydrogen-bond donors (Lipinski definition) is 3. The van der Waals surface area contributed by atoms with Gasteiger partial charge in [0.15, 0.2) is 0 Å². The molecule has 0 heterocycles. The maximum atomic E-state index is 11.3. The second kappa shape index (κ2) is 17.3. The topological polar surface area (TPSA) is 88.2 Å². The van der Waals surface area contributed by atoms with Crippen LogP contribution in [0.25, 0.3) is 0 Å². The van der Waals surface area contributed by atoms with Gasteiger partial charge in [0.25, 0.3) is 0 Å². The molecule has 0 saturated heterocycles. The van der Waals surface area contributed by atoms with E-state index in [1.165, 1.54) is 0 Å². The fraction of sp³-hybridized carbons (Fsp3) is 0.429. The smallest absolute Gasteiger partial charge is 0.109 e. The highest BCUT2D eigenvalue weighted by molar-refractivity contribution is 5.47. The highest BCUT2D eigenvalue weighted by Crippen LogP contribution is 2.36. The maximum Gasteiger partial charge on any atom is 0.109 e. The van der Waals surface area contributed by atoms with Gasteiger partial charge in [-0.25, -0.2) is 0 Å². The number of ether oxygens (including phenoxy) is 2. The first-order chi connectivity index (χ1) is 22.9. The van der Waals surface area contributed by atoms with Crippen molar-refractivity contribution >= 4 is 0 Å². The van der Waals surface area contributed by atoms with E-state index in [0.29, 0.717) is 26.2 Å². The van der Waals surface area contributed by atoms with Gasteiger partial charge in [0.1, 0.15) is 12.2 Å². The highest BCUT2D eigenvalue weighted by Gasteiger charge is 2.26. The summed E-state index contributed by atoms with van der Waals surface area (Å²) in [5.74, 6) is 0. The van der Waals surface area contributed by atoms with Crippen molar-refractivity contribution < 1.29 is 19.7 Å². The summed E-state index contributed by atoms with van der Waals surface area (Å²) >= 11 is 0. The molecule has 4 aromatic carbocycles. The Morgan fingerprint density at radius 1 is 0.500 bits per heavy atom. The standard InChI is InChI=1S/C42H56N2O4/c1-27-13-9-14-28(2)37(27)41(38-29(3)15-10-16-30(38)4)47-25-35(45)23-44(22-21-43)24-36(46)26-48-42(39-31(5)17-11-18-32(39)6)40-33(7)19-12-20-34(40)8/h9-20,35-36,41-42,45-46H,21-26,43H2,1-8H3. The second-order valence-corrected chi connectivity index (χ2v) is 13.5. The van der Waals surface area contributed by atoms with Gasteiger partial charge in [-0.1, -0.05) is 72.8 Å². The molecular formula is C42H56N2O4. The molecule has 0 spiro atoms. The lowest BCUT2D eigenvalue weighted by Gasteiger charge is -2.30. The van der Waals surface area contributed by atoms with Gasteiger partial charge in [0, 0.05) is 26.2 Å². The van der Waals surface area contributed by atoms with Crippen LogP contribution in [0.15, 0.2) is 72.8 Å². The Morgan fingerprint density at radius 3 is 0.979 bits per heavy atom. The zero-order chi connectivity index (χ0) is 35.0. The number of benzene rings is 4. The Bertz CT molecular complexity index is 1350. The molecule has 0 amide bonds. The molecule has 0 saturated carbocycles. The summed E-state index contributed by atoms with van der Waals surface area (Å²) in [4.78, 5) is 2.00. The van der Waals surface area contributed by atoms with Crippen LogP contribution < -0.4 is 5.73 Å². The Morgan fingerprint density at radius 2 is 0.750 bits per heavy atom. The van der Waals surface area contributed by atoms with E-state index in [1.54, 1.807) is 0 Å². The van der Waals surface area contributed by atoms with Crippen molar-refractivity contribution in [1.29, 1.82) is 0 Å². The van der Waals surface area contributed by atoms with Crippen LogP contribution in [0.1, 0.15) is 79.0 Å². The Kier molecular flexibility index (Phi) is 13.5. The maximum absolute atomic E-state index is 11.3. The Labute approximate surface area is 288 Å². The molecule has 4 rings (SSSR count). The number of aliphatic hydroxyl groups excluding tert-OH is 2. The van der Waals surface area contributed by atoms with Gasteiger partial charge in [-0.05, 0) is 122 Å². The first-order valence-electron chi connectivity index (χ1n) is 17.2. The molecule has 2 unspecified atom stereocenters. The average molecular weight is 653 g/mol. The number of hydrogen-bond acceptors (Lipinski definition) is 6. The van der Waals surface area contributed by atoms with Crippen LogP contribution in [0.2, 0.25) is 0 Å². The van der Waals surface area contributed by atoms with E-state index in [1.807, 2.05) is 4.90 Å². The molecule has 0 aromatic heterocycles. The average Bonchev–Trinajstić information content (AvgIpc) is 3.01. The quantitative estimate of drug-likeness (QED) is 0.120. The molecule has 0 bridgehead atoms. The molecule has 0 aliphatic rings. The lowest BCUT2D eigenvalue weighted by atomic mass is 9.88. The van der Waals surface area contributed by atoms with Crippen LogP contribution >= 0.6 is 0 Å². The van der Waals surface area contributed by atoms with Crippen LogP contribution in [0.5, 0.6) is 0 Å². The van der Waals surface area contributed by atoms with Crippen molar-refractivity contribution in [2.75, 3.05) is 39.4 Å².